The third kappa shape index (κ3) is 3.97. The minimum Gasteiger partial charge on any atom is -0.490 e. The lowest BCUT2D eigenvalue weighted by Gasteiger charge is -2.26. The maximum Gasteiger partial charge on any atom is 0.124 e. The van der Waals surface area contributed by atoms with Crippen LogP contribution in [0.25, 0.3) is 0 Å². The molecule has 0 bridgehead atoms. The molecule has 0 amide bonds. The molecule has 0 heterocycles. The van der Waals surface area contributed by atoms with E-state index in [0.29, 0.717) is 19.4 Å². The summed E-state index contributed by atoms with van der Waals surface area (Å²) in [7, 11) is 0. The van der Waals surface area contributed by atoms with Crippen LogP contribution in [-0.4, -0.2) is 17.3 Å². The number of ether oxygens (including phenoxy) is 1. The third-order valence-corrected chi connectivity index (χ3v) is 3.77. The van der Waals surface area contributed by atoms with Crippen molar-refractivity contribution in [3.8, 4) is 5.75 Å². The molecule has 1 atom stereocenters. The van der Waals surface area contributed by atoms with Gasteiger partial charge in [0.2, 0.25) is 0 Å². The topological polar surface area (TPSA) is 55.5 Å². The van der Waals surface area contributed by atoms with Crippen LogP contribution in [0, 0.1) is 0 Å². The first-order chi connectivity index (χ1) is 8.41. The summed E-state index contributed by atoms with van der Waals surface area (Å²) in [6.07, 6.45) is 1.35. The predicted molar refractivity (Wildman–Crippen MR) is 77.8 cm³/mol. The van der Waals surface area contributed by atoms with Gasteiger partial charge in [-0.25, -0.2) is 0 Å². The van der Waals surface area contributed by atoms with Crippen molar-refractivity contribution in [3.63, 3.8) is 0 Å². The van der Waals surface area contributed by atoms with E-state index in [1.165, 1.54) is 0 Å². The highest BCUT2D eigenvalue weighted by molar-refractivity contribution is 9.10. The Labute approximate surface area is 117 Å². The van der Waals surface area contributed by atoms with Crippen LogP contribution in [0.15, 0.2) is 22.7 Å². The number of aliphatic hydroxyl groups is 1. The molecule has 1 aromatic carbocycles. The Kier molecular flexibility index (Phi) is 5.63. The molecule has 0 unspecified atom stereocenters. The molecule has 3 N–H and O–H groups in total. The Hall–Kier alpha value is -0.580. The van der Waals surface area contributed by atoms with Crippen LogP contribution in [0.2, 0.25) is 0 Å². The Morgan fingerprint density at radius 1 is 1.39 bits per heavy atom. The summed E-state index contributed by atoms with van der Waals surface area (Å²) in [5.74, 6) is 0.744. The van der Waals surface area contributed by atoms with Crippen LogP contribution in [0.3, 0.4) is 0 Å². The summed E-state index contributed by atoms with van der Waals surface area (Å²) in [5.41, 5.74) is 6.11. The second-order valence-corrected chi connectivity index (χ2v) is 5.61. The molecule has 18 heavy (non-hydrogen) atoms. The van der Waals surface area contributed by atoms with Gasteiger partial charge < -0.3 is 15.6 Å². The van der Waals surface area contributed by atoms with Gasteiger partial charge in [-0.2, -0.15) is 0 Å². The molecule has 0 radical (unpaired) electrons. The second kappa shape index (κ2) is 6.55. The van der Waals surface area contributed by atoms with Gasteiger partial charge in [0, 0.05) is 16.1 Å². The summed E-state index contributed by atoms with van der Waals surface area (Å²) in [4.78, 5) is 0. The monoisotopic (exact) mass is 315 g/mol. The van der Waals surface area contributed by atoms with Crippen molar-refractivity contribution in [2.24, 2.45) is 5.73 Å². The summed E-state index contributed by atoms with van der Waals surface area (Å²) in [6.45, 7) is 6.13. The van der Waals surface area contributed by atoms with Gasteiger partial charge in [0.05, 0.1) is 5.60 Å². The number of benzene rings is 1. The number of hydrogen-bond acceptors (Lipinski definition) is 3. The van der Waals surface area contributed by atoms with Crippen LogP contribution in [0.1, 0.15) is 45.2 Å². The van der Waals surface area contributed by atoms with Crippen molar-refractivity contribution < 1.29 is 9.84 Å². The quantitative estimate of drug-likeness (QED) is 0.846. The highest BCUT2D eigenvalue weighted by atomic mass is 79.9. The lowest BCUT2D eigenvalue weighted by atomic mass is 9.99. The smallest absolute Gasteiger partial charge is 0.124 e. The zero-order chi connectivity index (χ0) is 13.8. The summed E-state index contributed by atoms with van der Waals surface area (Å²) >= 11 is 3.42. The SMILES string of the molecule is CCC(O)(CC)COc1ccc(Br)cc1[C@@H](C)N. The number of hydrogen-bond donors (Lipinski definition) is 2. The van der Waals surface area contributed by atoms with E-state index >= 15 is 0 Å². The van der Waals surface area contributed by atoms with Gasteiger partial charge in [-0.1, -0.05) is 29.8 Å². The minimum atomic E-state index is -0.762. The van der Waals surface area contributed by atoms with Crippen LogP contribution >= 0.6 is 15.9 Å². The molecule has 0 aliphatic rings. The van der Waals surface area contributed by atoms with Crippen molar-refractivity contribution in [2.75, 3.05) is 6.61 Å². The molecule has 0 saturated carbocycles. The zero-order valence-corrected chi connectivity index (χ0v) is 12.8. The molecule has 0 aliphatic carbocycles. The summed E-state index contributed by atoms with van der Waals surface area (Å²) < 4.78 is 6.72. The lowest BCUT2D eigenvalue weighted by molar-refractivity contribution is -0.0116. The van der Waals surface area contributed by atoms with Crippen molar-refractivity contribution in [1.82, 2.24) is 0 Å². The molecule has 0 fully saturated rings. The standard InChI is InChI=1S/C14H22BrNO2/c1-4-14(17,5-2)9-18-13-7-6-11(15)8-12(13)10(3)16/h6-8,10,17H,4-5,9,16H2,1-3H3/t10-/m1/s1. The van der Waals surface area contributed by atoms with E-state index in [0.717, 1.165) is 15.8 Å². The first-order valence-corrected chi connectivity index (χ1v) is 7.11. The van der Waals surface area contributed by atoms with Gasteiger partial charge in [-0.15, -0.1) is 0 Å². The predicted octanol–water partition coefficient (Wildman–Crippen LogP) is 3.40. The molecule has 0 saturated heterocycles. The molecule has 4 heteroatoms. The summed E-state index contributed by atoms with van der Waals surface area (Å²) in [6, 6.07) is 5.65. The highest BCUT2D eigenvalue weighted by Gasteiger charge is 2.23. The first-order valence-electron chi connectivity index (χ1n) is 6.32. The third-order valence-electron chi connectivity index (χ3n) is 3.27. The van der Waals surface area contributed by atoms with Crippen molar-refractivity contribution in [2.45, 2.75) is 45.3 Å². The Morgan fingerprint density at radius 3 is 2.50 bits per heavy atom. The lowest BCUT2D eigenvalue weighted by Crippen LogP contribution is -2.34. The Balaban J connectivity index is 2.85. The van der Waals surface area contributed by atoms with Crippen molar-refractivity contribution in [3.05, 3.63) is 28.2 Å². The van der Waals surface area contributed by atoms with E-state index in [1.54, 1.807) is 0 Å². The average Bonchev–Trinajstić information content (AvgIpc) is 2.36. The molecule has 0 aliphatic heterocycles. The summed E-state index contributed by atoms with van der Waals surface area (Å²) in [5, 5.41) is 10.2. The van der Waals surface area contributed by atoms with E-state index in [1.807, 2.05) is 39.0 Å². The molecule has 3 nitrogen and oxygen atoms in total. The molecule has 0 spiro atoms. The van der Waals surface area contributed by atoms with E-state index < -0.39 is 5.60 Å². The van der Waals surface area contributed by atoms with Crippen molar-refractivity contribution >= 4 is 15.9 Å². The zero-order valence-electron chi connectivity index (χ0n) is 11.2. The van der Waals surface area contributed by atoms with Crippen LogP contribution in [0.4, 0.5) is 0 Å². The van der Waals surface area contributed by atoms with Gasteiger partial charge in [0.15, 0.2) is 0 Å². The highest BCUT2D eigenvalue weighted by Crippen LogP contribution is 2.28. The number of halogens is 1. The number of nitrogens with two attached hydrogens (primary N) is 1. The first kappa shape index (κ1) is 15.5. The van der Waals surface area contributed by atoms with Crippen LogP contribution in [-0.2, 0) is 0 Å². The average molecular weight is 316 g/mol. The second-order valence-electron chi connectivity index (χ2n) is 4.69. The molecular weight excluding hydrogens is 294 g/mol. The molecule has 1 aromatic rings. The fourth-order valence-electron chi connectivity index (χ4n) is 1.67. The molecule has 0 aromatic heterocycles. The fraction of sp³-hybridized carbons (Fsp3) is 0.571. The maximum atomic E-state index is 10.2. The molecular formula is C14H22BrNO2. The fourth-order valence-corrected chi connectivity index (χ4v) is 2.05. The molecule has 1 rings (SSSR count). The van der Waals surface area contributed by atoms with E-state index in [2.05, 4.69) is 15.9 Å². The van der Waals surface area contributed by atoms with Gasteiger partial charge >= 0.3 is 0 Å². The molecule has 102 valence electrons. The van der Waals surface area contributed by atoms with E-state index in [9.17, 15) is 5.11 Å². The number of rotatable bonds is 6. The minimum absolute atomic E-state index is 0.103. The van der Waals surface area contributed by atoms with Crippen LogP contribution in [0.5, 0.6) is 5.75 Å². The van der Waals surface area contributed by atoms with Crippen LogP contribution < -0.4 is 10.5 Å². The Morgan fingerprint density at radius 2 is 2.00 bits per heavy atom. The van der Waals surface area contributed by atoms with E-state index in [-0.39, 0.29) is 6.04 Å². The largest absolute Gasteiger partial charge is 0.490 e. The maximum absolute atomic E-state index is 10.2. The van der Waals surface area contributed by atoms with E-state index in [4.69, 9.17) is 10.5 Å². The Bertz CT molecular complexity index is 389. The van der Waals surface area contributed by atoms with Gasteiger partial charge in [0.1, 0.15) is 12.4 Å². The van der Waals surface area contributed by atoms with Gasteiger partial charge in [0.25, 0.3) is 0 Å². The normalized spacial score (nSPS) is 13.4. The van der Waals surface area contributed by atoms with Crippen molar-refractivity contribution in [1.29, 1.82) is 0 Å². The van der Waals surface area contributed by atoms with Gasteiger partial charge in [-0.05, 0) is 38.0 Å². The van der Waals surface area contributed by atoms with Gasteiger partial charge in [-0.3, -0.25) is 0 Å².